The van der Waals surface area contributed by atoms with Crippen molar-refractivity contribution < 1.29 is 5.11 Å². The fourth-order valence-corrected chi connectivity index (χ4v) is 2.75. The van der Waals surface area contributed by atoms with Crippen molar-refractivity contribution >= 4 is 17.2 Å². The zero-order chi connectivity index (χ0) is 16.4. The fourth-order valence-electron chi connectivity index (χ4n) is 2.75. The SMILES string of the molecule is C=C(Nc1cc(N2CCN(C)CC2)ccc1O)C1=CCC(N)=N1. The Morgan fingerprint density at radius 1 is 1.30 bits per heavy atom. The average Bonchev–Trinajstić information content (AvgIpc) is 2.97. The van der Waals surface area contributed by atoms with Gasteiger partial charge in [-0.05, 0) is 31.3 Å². The van der Waals surface area contributed by atoms with E-state index in [9.17, 15) is 5.11 Å². The van der Waals surface area contributed by atoms with Gasteiger partial charge in [0.1, 0.15) is 11.6 Å². The molecule has 2 aliphatic heterocycles. The van der Waals surface area contributed by atoms with E-state index >= 15 is 0 Å². The van der Waals surface area contributed by atoms with E-state index in [4.69, 9.17) is 5.73 Å². The van der Waals surface area contributed by atoms with Gasteiger partial charge in [0, 0.05) is 38.3 Å². The lowest BCUT2D eigenvalue weighted by Crippen LogP contribution is -2.44. The molecule has 6 nitrogen and oxygen atoms in total. The Bertz CT molecular complexity index is 672. The van der Waals surface area contributed by atoms with Crippen molar-refractivity contribution in [3.63, 3.8) is 0 Å². The highest BCUT2D eigenvalue weighted by atomic mass is 16.3. The Balaban J connectivity index is 1.74. The molecule has 0 aliphatic carbocycles. The molecule has 1 saturated heterocycles. The molecule has 0 radical (unpaired) electrons. The quantitative estimate of drug-likeness (QED) is 0.738. The van der Waals surface area contributed by atoms with Crippen molar-refractivity contribution in [1.29, 1.82) is 0 Å². The Morgan fingerprint density at radius 2 is 2.04 bits per heavy atom. The summed E-state index contributed by atoms with van der Waals surface area (Å²) in [6.07, 6.45) is 2.56. The van der Waals surface area contributed by atoms with Crippen LogP contribution in [0.25, 0.3) is 0 Å². The molecule has 2 heterocycles. The van der Waals surface area contributed by atoms with Crippen molar-refractivity contribution in [2.45, 2.75) is 6.42 Å². The minimum Gasteiger partial charge on any atom is -0.506 e. The molecule has 0 amide bonds. The number of aliphatic imine (C=N–C) groups is 1. The number of amidine groups is 1. The lowest BCUT2D eigenvalue weighted by Gasteiger charge is -2.34. The summed E-state index contributed by atoms with van der Waals surface area (Å²) in [5.74, 6) is 0.776. The van der Waals surface area contributed by atoms with E-state index < -0.39 is 0 Å². The van der Waals surface area contributed by atoms with Gasteiger partial charge < -0.3 is 26.0 Å². The number of nitrogens with one attached hydrogen (secondary N) is 1. The van der Waals surface area contributed by atoms with Gasteiger partial charge in [-0.3, -0.25) is 0 Å². The number of aromatic hydroxyl groups is 1. The Labute approximate surface area is 136 Å². The molecule has 0 spiro atoms. The van der Waals surface area contributed by atoms with Gasteiger partial charge in [-0.1, -0.05) is 6.58 Å². The van der Waals surface area contributed by atoms with Gasteiger partial charge in [0.25, 0.3) is 0 Å². The number of likely N-dealkylation sites (N-methyl/N-ethyl adjacent to an activating group) is 1. The standard InChI is InChI=1S/C17H23N5O/c1-12(14-4-6-17(18)20-14)19-15-11-13(3-5-16(15)23)22-9-7-21(2)8-10-22/h3-5,11,19,23H,1,6-10H2,2H3,(H2,18,20). The van der Waals surface area contributed by atoms with E-state index in [1.807, 2.05) is 18.2 Å². The molecular weight excluding hydrogens is 290 g/mol. The third-order valence-electron chi connectivity index (χ3n) is 4.21. The number of nitrogens with two attached hydrogens (primary N) is 1. The number of anilines is 2. The molecule has 0 aromatic heterocycles. The third kappa shape index (κ3) is 3.48. The van der Waals surface area contributed by atoms with E-state index in [0.29, 0.717) is 23.6 Å². The third-order valence-corrected chi connectivity index (χ3v) is 4.21. The number of hydrogen-bond acceptors (Lipinski definition) is 6. The molecule has 1 fully saturated rings. The van der Waals surface area contributed by atoms with Crippen LogP contribution in [-0.2, 0) is 0 Å². The maximum Gasteiger partial charge on any atom is 0.139 e. The van der Waals surface area contributed by atoms with Crippen molar-refractivity contribution in [2.75, 3.05) is 43.4 Å². The highest BCUT2D eigenvalue weighted by molar-refractivity contribution is 5.86. The van der Waals surface area contributed by atoms with Gasteiger partial charge in [0.05, 0.1) is 17.1 Å². The number of hydrogen-bond donors (Lipinski definition) is 3. The van der Waals surface area contributed by atoms with E-state index in [1.165, 1.54) is 0 Å². The average molecular weight is 313 g/mol. The predicted molar refractivity (Wildman–Crippen MR) is 94.9 cm³/mol. The molecule has 0 atom stereocenters. The number of piperazine rings is 1. The molecule has 3 rings (SSSR count). The first-order valence-electron chi connectivity index (χ1n) is 7.79. The summed E-state index contributed by atoms with van der Waals surface area (Å²) >= 11 is 0. The van der Waals surface area contributed by atoms with E-state index in [-0.39, 0.29) is 5.75 Å². The summed E-state index contributed by atoms with van der Waals surface area (Å²) in [4.78, 5) is 8.86. The van der Waals surface area contributed by atoms with Crippen LogP contribution in [0.2, 0.25) is 0 Å². The monoisotopic (exact) mass is 313 g/mol. The molecule has 1 aromatic carbocycles. The Hall–Kier alpha value is -2.47. The van der Waals surface area contributed by atoms with Gasteiger partial charge in [0.15, 0.2) is 0 Å². The zero-order valence-electron chi connectivity index (χ0n) is 13.4. The molecule has 122 valence electrons. The van der Waals surface area contributed by atoms with Crippen LogP contribution in [0.5, 0.6) is 5.75 Å². The van der Waals surface area contributed by atoms with Gasteiger partial charge in [-0.15, -0.1) is 0 Å². The molecule has 23 heavy (non-hydrogen) atoms. The summed E-state index contributed by atoms with van der Waals surface area (Å²) in [6.45, 7) is 8.02. The minimum absolute atomic E-state index is 0.194. The van der Waals surface area contributed by atoms with Crippen molar-refractivity contribution in [3.8, 4) is 5.75 Å². The highest BCUT2D eigenvalue weighted by Crippen LogP contribution is 2.31. The fraction of sp³-hybridized carbons (Fsp3) is 0.353. The van der Waals surface area contributed by atoms with Crippen molar-refractivity contribution in [3.05, 3.63) is 42.2 Å². The van der Waals surface area contributed by atoms with Crippen LogP contribution in [0.1, 0.15) is 6.42 Å². The number of rotatable bonds is 4. The van der Waals surface area contributed by atoms with Crippen LogP contribution >= 0.6 is 0 Å². The molecule has 1 aromatic rings. The largest absolute Gasteiger partial charge is 0.506 e. The first kappa shape index (κ1) is 15.4. The van der Waals surface area contributed by atoms with Gasteiger partial charge >= 0.3 is 0 Å². The smallest absolute Gasteiger partial charge is 0.139 e. The first-order valence-corrected chi connectivity index (χ1v) is 7.79. The summed E-state index contributed by atoms with van der Waals surface area (Å²) in [7, 11) is 2.13. The molecule has 6 heteroatoms. The molecule has 4 N–H and O–H groups in total. The van der Waals surface area contributed by atoms with Crippen LogP contribution < -0.4 is 16.0 Å². The molecule has 0 unspecified atom stereocenters. The summed E-state index contributed by atoms with van der Waals surface area (Å²) in [5, 5.41) is 13.3. The number of benzene rings is 1. The van der Waals surface area contributed by atoms with Gasteiger partial charge in [0.2, 0.25) is 0 Å². The molecule has 0 bridgehead atoms. The van der Waals surface area contributed by atoms with Crippen LogP contribution in [0.3, 0.4) is 0 Å². The first-order chi connectivity index (χ1) is 11.0. The lowest BCUT2D eigenvalue weighted by molar-refractivity contribution is 0.313. The normalized spacial score (nSPS) is 18.6. The van der Waals surface area contributed by atoms with Crippen molar-refractivity contribution in [2.24, 2.45) is 10.7 Å². The second-order valence-corrected chi connectivity index (χ2v) is 5.99. The highest BCUT2D eigenvalue weighted by Gasteiger charge is 2.16. The molecule has 2 aliphatic rings. The Kier molecular flexibility index (Phi) is 4.25. The number of phenolic OH excluding ortho intramolecular Hbond substituents is 1. The molecule has 0 saturated carbocycles. The minimum atomic E-state index is 0.194. The van der Waals surface area contributed by atoms with E-state index in [0.717, 1.165) is 37.6 Å². The Morgan fingerprint density at radius 3 is 2.70 bits per heavy atom. The van der Waals surface area contributed by atoms with Crippen LogP contribution in [0, 0.1) is 0 Å². The summed E-state index contributed by atoms with van der Waals surface area (Å²) in [5.41, 5.74) is 8.78. The second-order valence-electron chi connectivity index (χ2n) is 5.99. The number of phenols is 1. The van der Waals surface area contributed by atoms with Gasteiger partial charge in [-0.2, -0.15) is 0 Å². The van der Waals surface area contributed by atoms with Gasteiger partial charge in [-0.25, -0.2) is 4.99 Å². The van der Waals surface area contributed by atoms with E-state index in [2.05, 4.69) is 33.7 Å². The zero-order valence-corrected chi connectivity index (χ0v) is 13.4. The summed E-state index contributed by atoms with van der Waals surface area (Å²) < 4.78 is 0. The maximum absolute atomic E-state index is 10.1. The maximum atomic E-state index is 10.1. The van der Waals surface area contributed by atoms with Crippen LogP contribution in [-0.4, -0.2) is 49.1 Å². The second kappa shape index (κ2) is 6.34. The van der Waals surface area contributed by atoms with E-state index in [1.54, 1.807) is 6.07 Å². The van der Waals surface area contributed by atoms with Crippen LogP contribution in [0.4, 0.5) is 11.4 Å². The number of nitrogens with zero attached hydrogens (tertiary/aromatic N) is 3. The van der Waals surface area contributed by atoms with Crippen LogP contribution in [0.15, 0.2) is 47.2 Å². The topological polar surface area (TPSA) is 77.1 Å². The van der Waals surface area contributed by atoms with Crippen molar-refractivity contribution in [1.82, 2.24) is 4.90 Å². The molecular formula is C17H23N5O. The summed E-state index contributed by atoms with van der Waals surface area (Å²) in [6, 6.07) is 5.61. The lowest BCUT2D eigenvalue weighted by atomic mass is 10.2. The predicted octanol–water partition coefficient (Wildman–Crippen LogP) is 1.71.